The SMILES string of the molecule is CCOC(=O)CNc1c(-c2ccc(OC)cc2)nc2cc(C)ccn12. The van der Waals surface area contributed by atoms with E-state index in [0.717, 1.165) is 34.0 Å². The summed E-state index contributed by atoms with van der Waals surface area (Å²) in [7, 11) is 1.63. The van der Waals surface area contributed by atoms with E-state index in [1.165, 1.54) is 0 Å². The highest BCUT2D eigenvalue weighted by molar-refractivity contribution is 5.81. The number of fused-ring (bicyclic) bond motifs is 1. The summed E-state index contributed by atoms with van der Waals surface area (Å²) in [5.74, 6) is 1.24. The molecule has 0 radical (unpaired) electrons. The van der Waals surface area contributed by atoms with Crippen molar-refractivity contribution in [2.45, 2.75) is 13.8 Å². The summed E-state index contributed by atoms with van der Waals surface area (Å²) in [5.41, 5.74) is 3.65. The van der Waals surface area contributed by atoms with Gasteiger partial charge >= 0.3 is 5.97 Å². The Labute approximate surface area is 146 Å². The molecule has 0 fully saturated rings. The van der Waals surface area contributed by atoms with Gasteiger partial charge in [0, 0.05) is 11.8 Å². The third-order valence-corrected chi connectivity index (χ3v) is 3.85. The van der Waals surface area contributed by atoms with E-state index in [1.807, 2.05) is 53.9 Å². The number of methoxy groups -OCH3 is 1. The molecule has 3 rings (SSSR count). The van der Waals surface area contributed by atoms with Gasteiger partial charge in [-0.15, -0.1) is 0 Å². The molecule has 0 aliphatic rings. The van der Waals surface area contributed by atoms with Gasteiger partial charge in [-0.25, -0.2) is 4.98 Å². The zero-order valence-electron chi connectivity index (χ0n) is 14.6. The van der Waals surface area contributed by atoms with Crippen molar-refractivity contribution in [2.75, 3.05) is 25.6 Å². The fraction of sp³-hybridized carbons (Fsp3) is 0.263. The van der Waals surface area contributed by atoms with E-state index in [2.05, 4.69) is 5.32 Å². The van der Waals surface area contributed by atoms with E-state index in [4.69, 9.17) is 14.5 Å². The fourth-order valence-corrected chi connectivity index (χ4v) is 2.63. The van der Waals surface area contributed by atoms with Gasteiger partial charge in [0.25, 0.3) is 0 Å². The molecule has 130 valence electrons. The summed E-state index contributed by atoms with van der Waals surface area (Å²) in [6.45, 7) is 4.25. The van der Waals surface area contributed by atoms with Crippen LogP contribution in [-0.2, 0) is 9.53 Å². The van der Waals surface area contributed by atoms with Crippen LogP contribution in [0.1, 0.15) is 12.5 Å². The largest absolute Gasteiger partial charge is 0.497 e. The number of pyridine rings is 1. The van der Waals surface area contributed by atoms with Gasteiger partial charge in [-0.05, 0) is 55.8 Å². The lowest BCUT2D eigenvalue weighted by Gasteiger charge is -2.09. The first-order valence-corrected chi connectivity index (χ1v) is 8.15. The van der Waals surface area contributed by atoms with Crippen molar-refractivity contribution in [3.05, 3.63) is 48.2 Å². The number of ether oxygens (including phenoxy) is 2. The maximum absolute atomic E-state index is 11.7. The first-order valence-electron chi connectivity index (χ1n) is 8.15. The second-order valence-corrected chi connectivity index (χ2v) is 5.63. The van der Waals surface area contributed by atoms with Gasteiger partial charge in [0.05, 0.1) is 13.7 Å². The van der Waals surface area contributed by atoms with Gasteiger partial charge in [-0.3, -0.25) is 9.20 Å². The highest BCUT2D eigenvalue weighted by Crippen LogP contribution is 2.30. The lowest BCUT2D eigenvalue weighted by Crippen LogP contribution is -2.17. The molecule has 1 N–H and O–H groups in total. The Morgan fingerprint density at radius 3 is 2.68 bits per heavy atom. The van der Waals surface area contributed by atoms with Gasteiger partial charge in [0.15, 0.2) is 0 Å². The van der Waals surface area contributed by atoms with Crippen molar-refractivity contribution in [3.8, 4) is 17.0 Å². The fourth-order valence-electron chi connectivity index (χ4n) is 2.63. The lowest BCUT2D eigenvalue weighted by molar-refractivity contribution is -0.140. The molecule has 3 aromatic rings. The Kier molecular flexibility index (Phi) is 4.88. The van der Waals surface area contributed by atoms with Gasteiger partial charge in [-0.1, -0.05) is 0 Å². The zero-order chi connectivity index (χ0) is 17.8. The molecule has 0 amide bonds. The number of aromatic nitrogens is 2. The maximum Gasteiger partial charge on any atom is 0.325 e. The number of nitrogens with zero attached hydrogens (tertiary/aromatic N) is 2. The first-order chi connectivity index (χ1) is 12.1. The first kappa shape index (κ1) is 16.8. The molecular weight excluding hydrogens is 318 g/mol. The Morgan fingerprint density at radius 2 is 2.00 bits per heavy atom. The molecule has 0 spiro atoms. The quantitative estimate of drug-likeness (QED) is 0.698. The molecule has 1 aromatic carbocycles. The molecule has 0 unspecified atom stereocenters. The zero-order valence-corrected chi connectivity index (χ0v) is 14.6. The normalized spacial score (nSPS) is 10.7. The monoisotopic (exact) mass is 339 g/mol. The molecule has 0 bridgehead atoms. The van der Waals surface area contributed by atoms with Crippen LogP contribution in [0, 0.1) is 6.92 Å². The minimum absolute atomic E-state index is 0.0820. The average molecular weight is 339 g/mol. The van der Waals surface area contributed by atoms with Gasteiger partial charge in [-0.2, -0.15) is 0 Å². The smallest absolute Gasteiger partial charge is 0.325 e. The minimum atomic E-state index is -0.301. The summed E-state index contributed by atoms with van der Waals surface area (Å²) in [4.78, 5) is 16.5. The number of carbonyl (C=O) groups is 1. The second-order valence-electron chi connectivity index (χ2n) is 5.63. The van der Waals surface area contributed by atoms with E-state index in [0.29, 0.717) is 6.61 Å². The third kappa shape index (κ3) is 3.57. The molecule has 6 heteroatoms. The second kappa shape index (κ2) is 7.25. The topological polar surface area (TPSA) is 64.9 Å². The van der Waals surface area contributed by atoms with Crippen LogP contribution in [-0.4, -0.2) is 35.6 Å². The van der Waals surface area contributed by atoms with E-state index in [1.54, 1.807) is 14.0 Å². The summed E-state index contributed by atoms with van der Waals surface area (Å²) in [6, 6.07) is 11.7. The number of aryl methyl sites for hydroxylation is 1. The Hall–Kier alpha value is -3.02. The summed E-state index contributed by atoms with van der Waals surface area (Å²) in [5, 5.41) is 3.16. The standard InChI is InChI=1S/C19H21N3O3/c1-4-25-17(23)12-20-19-18(14-5-7-15(24-3)8-6-14)21-16-11-13(2)9-10-22(16)19/h5-11,20H,4,12H2,1-3H3. The number of nitrogens with one attached hydrogen (secondary N) is 1. The number of benzene rings is 1. The molecule has 0 saturated carbocycles. The predicted molar refractivity (Wildman–Crippen MR) is 97.0 cm³/mol. The number of esters is 1. The molecule has 0 atom stereocenters. The van der Waals surface area contributed by atoms with Crippen molar-refractivity contribution in [3.63, 3.8) is 0 Å². The van der Waals surface area contributed by atoms with Gasteiger partial charge in [0.1, 0.15) is 29.5 Å². The van der Waals surface area contributed by atoms with Crippen molar-refractivity contribution in [2.24, 2.45) is 0 Å². The van der Waals surface area contributed by atoms with Crippen LogP contribution in [0.3, 0.4) is 0 Å². The molecule has 0 aliphatic heterocycles. The van der Waals surface area contributed by atoms with E-state index in [-0.39, 0.29) is 12.5 Å². The van der Waals surface area contributed by atoms with Crippen LogP contribution in [0.2, 0.25) is 0 Å². The van der Waals surface area contributed by atoms with Crippen molar-refractivity contribution in [1.82, 2.24) is 9.38 Å². The maximum atomic E-state index is 11.7. The number of hydrogen-bond acceptors (Lipinski definition) is 5. The highest BCUT2D eigenvalue weighted by Gasteiger charge is 2.15. The number of imidazole rings is 1. The van der Waals surface area contributed by atoms with Crippen LogP contribution < -0.4 is 10.1 Å². The van der Waals surface area contributed by atoms with Gasteiger partial charge in [0.2, 0.25) is 0 Å². The number of carbonyl (C=O) groups excluding carboxylic acids is 1. The van der Waals surface area contributed by atoms with Gasteiger partial charge < -0.3 is 14.8 Å². The van der Waals surface area contributed by atoms with Crippen molar-refractivity contribution >= 4 is 17.4 Å². The Balaban J connectivity index is 2.02. The average Bonchev–Trinajstić information content (AvgIpc) is 2.97. The van der Waals surface area contributed by atoms with Crippen LogP contribution in [0.4, 0.5) is 5.82 Å². The summed E-state index contributed by atoms with van der Waals surface area (Å²) in [6.07, 6.45) is 1.94. The minimum Gasteiger partial charge on any atom is -0.497 e. The van der Waals surface area contributed by atoms with E-state index in [9.17, 15) is 4.79 Å². The Bertz CT molecular complexity index is 885. The van der Waals surface area contributed by atoms with Crippen LogP contribution in [0.25, 0.3) is 16.9 Å². The number of anilines is 1. The van der Waals surface area contributed by atoms with E-state index >= 15 is 0 Å². The molecule has 25 heavy (non-hydrogen) atoms. The molecular formula is C19H21N3O3. The predicted octanol–water partition coefficient (Wildman–Crippen LogP) is 3.29. The summed E-state index contributed by atoms with van der Waals surface area (Å²) >= 11 is 0. The van der Waals surface area contributed by atoms with Crippen LogP contribution >= 0.6 is 0 Å². The number of rotatable bonds is 6. The summed E-state index contributed by atoms with van der Waals surface area (Å²) < 4.78 is 12.1. The Morgan fingerprint density at radius 1 is 1.24 bits per heavy atom. The molecule has 0 saturated heterocycles. The third-order valence-electron chi connectivity index (χ3n) is 3.85. The van der Waals surface area contributed by atoms with Crippen LogP contribution in [0.5, 0.6) is 5.75 Å². The van der Waals surface area contributed by atoms with Crippen molar-refractivity contribution < 1.29 is 14.3 Å². The van der Waals surface area contributed by atoms with E-state index < -0.39 is 0 Å². The molecule has 2 aromatic heterocycles. The number of hydrogen-bond donors (Lipinski definition) is 1. The molecule has 6 nitrogen and oxygen atoms in total. The highest BCUT2D eigenvalue weighted by atomic mass is 16.5. The molecule has 0 aliphatic carbocycles. The molecule has 2 heterocycles. The van der Waals surface area contributed by atoms with Crippen LogP contribution in [0.15, 0.2) is 42.6 Å². The van der Waals surface area contributed by atoms with Crippen molar-refractivity contribution in [1.29, 1.82) is 0 Å². The lowest BCUT2D eigenvalue weighted by atomic mass is 10.1.